The van der Waals surface area contributed by atoms with Gasteiger partial charge in [-0.3, -0.25) is 4.57 Å². The molecule has 4 N–H and O–H groups in total. The molecule has 2 unspecified atom stereocenters. The second-order valence-corrected chi connectivity index (χ2v) is 4.89. The van der Waals surface area contributed by atoms with Gasteiger partial charge in [-0.1, -0.05) is 23.7 Å². The normalized spacial score (nSPS) is 17.1. The first-order valence-corrected chi connectivity index (χ1v) is 6.32. The quantitative estimate of drug-likeness (QED) is 0.694. The van der Waals surface area contributed by atoms with E-state index in [0.29, 0.717) is 10.6 Å². The zero-order valence-electron chi connectivity index (χ0n) is 7.98. The molecule has 0 spiro atoms. The Bertz CT molecular complexity index is 357. The Morgan fingerprint density at radius 3 is 2.33 bits per heavy atom. The van der Waals surface area contributed by atoms with Crippen LogP contribution in [-0.2, 0) is 10.2 Å². The van der Waals surface area contributed by atoms with E-state index in [0.717, 1.165) is 0 Å². The zero-order valence-corrected chi connectivity index (χ0v) is 9.74. The molecule has 0 aliphatic rings. The molecule has 0 amide bonds. The summed E-state index contributed by atoms with van der Waals surface area (Å²) in [5.74, 6) is 0. The van der Waals surface area contributed by atoms with Gasteiger partial charge >= 0.3 is 0 Å². The van der Waals surface area contributed by atoms with Gasteiger partial charge in [0.25, 0.3) is 0 Å². The molecule has 15 heavy (non-hydrogen) atoms. The summed E-state index contributed by atoms with van der Waals surface area (Å²) >= 11 is 5.69. The maximum atomic E-state index is 10.8. The Balaban J connectivity index is 3.00. The van der Waals surface area contributed by atoms with Crippen LogP contribution in [0.25, 0.3) is 0 Å². The van der Waals surface area contributed by atoms with E-state index in [-0.39, 0.29) is 12.7 Å². The van der Waals surface area contributed by atoms with Crippen molar-refractivity contribution in [1.82, 2.24) is 0 Å². The van der Waals surface area contributed by atoms with Gasteiger partial charge in [-0.15, -0.1) is 0 Å². The molecule has 1 aromatic rings. The number of hydrogen-bond donors (Lipinski definition) is 3. The Morgan fingerprint density at radius 2 is 1.93 bits per heavy atom. The van der Waals surface area contributed by atoms with Gasteiger partial charge in [0.1, 0.15) is 5.60 Å². The first-order chi connectivity index (χ1) is 6.98. The molecule has 84 valence electrons. The fourth-order valence-electron chi connectivity index (χ4n) is 1.30. The molecular weight excluding hydrogens is 237 g/mol. The second-order valence-electron chi connectivity index (χ2n) is 3.31. The minimum Gasteiger partial charge on any atom is -0.383 e. The summed E-state index contributed by atoms with van der Waals surface area (Å²) < 4.78 is 10.8. The molecule has 0 aromatic heterocycles. The van der Waals surface area contributed by atoms with Gasteiger partial charge in [0.15, 0.2) is 8.03 Å². The van der Waals surface area contributed by atoms with E-state index in [1.54, 1.807) is 24.3 Å². The maximum Gasteiger partial charge on any atom is 0.192 e. The molecule has 0 heterocycles. The lowest BCUT2D eigenvalue weighted by atomic mass is 9.96. The van der Waals surface area contributed by atoms with Crippen LogP contribution >= 0.6 is 19.6 Å². The molecule has 1 aromatic carbocycles. The number of nitrogens with two attached hydrogens (primary N) is 1. The predicted octanol–water partition coefficient (Wildman–Crippen LogP) is 0.953. The molecule has 0 saturated heterocycles. The summed E-state index contributed by atoms with van der Waals surface area (Å²) in [6, 6.07) is 6.40. The maximum absolute atomic E-state index is 10.8. The lowest BCUT2D eigenvalue weighted by Gasteiger charge is -2.25. The third-order valence-electron chi connectivity index (χ3n) is 2.16. The summed E-state index contributed by atoms with van der Waals surface area (Å²) in [6.45, 7) is -0.106. The Hall–Kier alpha value is -0.380. The summed E-state index contributed by atoms with van der Waals surface area (Å²) in [5, 5.41) is 10.6. The second kappa shape index (κ2) is 5.10. The summed E-state index contributed by atoms with van der Waals surface area (Å²) in [6.07, 6.45) is -0.240. The monoisotopic (exact) mass is 249 g/mol. The topological polar surface area (TPSA) is 83.5 Å². The van der Waals surface area contributed by atoms with E-state index in [1.165, 1.54) is 0 Å². The Kier molecular flexibility index (Phi) is 4.32. The van der Waals surface area contributed by atoms with Crippen molar-refractivity contribution in [2.24, 2.45) is 5.73 Å². The van der Waals surface area contributed by atoms with Crippen LogP contribution in [0.3, 0.4) is 0 Å². The van der Waals surface area contributed by atoms with Crippen molar-refractivity contribution in [2.75, 3.05) is 12.7 Å². The van der Waals surface area contributed by atoms with E-state index in [2.05, 4.69) is 0 Å². The van der Waals surface area contributed by atoms with Gasteiger partial charge in [0.2, 0.25) is 0 Å². The lowest BCUT2D eigenvalue weighted by molar-refractivity contribution is 0.0689. The van der Waals surface area contributed by atoms with Gasteiger partial charge in [-0.05, 0) is 17.7 Å². The van der Waals surface area contributed by atoms with Crippen molar-refractivity contribution in [2.45, 2.75) is 5.60 Å². The third kappa shape index (κ3) is 3.30. The first-order valence-electron chi connectivity index (χ1n) is 4.38. The fraction of sp³-hybridized carbons (Fsp3) is 0.333. The molecule has 0 aliphatic heterocycles. The average Bonchev–Trinajstić information content (AvgIpc) is 2.17. The molecular formula is C9H13ClNO3P. The van der Waals surface area contributed by atoms with Crippen molar-refractivity contribution >= 4 is 19.6 Å². The van der Waals surface area contributed by atoms with E-state index < -0.39 is 13.6 Å². The first kappa shape index (κ1) is 12.7. The number of benzene rings is 1. The Labute approximate surface area is 93.5 Å². The summed E-state index contributed by atoms with van der Waals surface area (Å²) in [4.78, 5) is 8.84. The number of halogens is 1. The molecule has 0 saturated carbocycles. The number of hydrogen-bond acceptors (Lipinski definition) is 3. The number of rotatable bonds is 4. The van der Waals surface area contributed by atoms with Crippen LogP contribution in [0.15, 0.2) is 24.3 Å². The Morgan fingerprint density at radius 1 is 1.40 bits per heavy atom. The van der Waals surface area contributed by atoms with Crippen molar-refractivity contribution < 1.29 is 14.6 Å². The fourth-order valence-corrected chi connectivity index (χ4v) is 2.28. The highest BCUT2D eigenvalue weighted by Gasteiger charge is 2.29. The largest absolute Gasteiger partial charge is 0.383 e. The van der Waals surface area contributed by atoms with Crippen LogP contribution in [-0.4, -0.2) is 22.7 Å². The van der Waals surface area contributed by atoms with Crippen LogP contribution in [0.1, 0.15) is 5.56 Å². The van der Waals surface area contributed by atoms with Crippen LogP contribution in [0.4, 0.5) is 0 Å². The van der Waals surface area contributed by atoms with Crippen molar-refractivity contribution in [3.05, 3.63) is 34.9 Å². The molecule has 1 rings (SSSR count). The molecule has 4 nitrogen and oxygen atoms in total. The van der Waals surface area contributed by atoms with Gasteiger partial charge < -0.3 is 15.7 Å². The van der Waals surface area contributed by atoms with Crippen LogP contribution < -0.4 is 5.73 Å². The van der Waals surface area contributed by atoms with Crippen molar-refractivity contribution in [3.63, 3.8) is 0 Å². The molecule has 0 bridgehead atoms. The van der Waals surface area contributed by atoms with Gasteiger partial charge in [-0.2, -0.15) is 0 Å². The highest BCUT2D eigenvalue weighted by atomic mass is 35.5. The molecule has 0 aliphatic carbocycles. The van der Waals surface area contributed by atoms with Gasteiger partial charge in [0, 0.05) is 11.6 Å². The van der Waals surface area contributed by atoms with Crippen molar-refractivity contribution in [3.8, 4) is 0 Å². The van der Waals surface area contributed by atoms with Crippen LogP contribution in [0.5, 0.6) is 0 Å². The minimum atomic E-state index is -2.77. The minimum absolute atomic E-state index is 0.106. The molecule has 2 atom stereocenters. The van der Waals surface area contributed by atoms with Crippen molar-refractivity contribution in [1.29, 1.82) is 0 Å². The standard InChI is InChI=1S/C9H13ClNO3P/c10-8-3-1-7(2-4-8)9(12,5-11)6-15(13)14/h1-4,12,15H,5-6,11H2,(H,13,14). The van der Waals surface area contributed by atoms with E-state index in [4.69, 9.17) is 22.2 Å². The zero-order chi connectivity index (χ0) is 11.5. The molecule has 0 fully saturated rings. The summed E-state index contributed by atoms with van der Waals surface area (Å²) in [7, 11) is -2.77. The van der Waals surface area contributed by atoms with E-state index in [1.807, 2.05) is 0 Å². The average molecular weight is 250 g/mol. The summed E-state index contributed by atoms with van der Waals surface area (Å²) in [5.41, 5.74) is 4.46. The lowest BCUT2D eigenvalue weighted by Crippen LogP contribution is -2.37. The van der Waals surface area contributed by atoms with E-state index >= 15 is 0 Å². The molecule has 6 heteroatoms. The smallest absolute Gasteiger partial charge is 0.192 e. The molecule has 0 radical (unpaired) electrons. The highest BCUT2D eigenvalue weighted by Crippen LogP contribution is 2.30. The van der Waals surface area contributed by atoms with E-state index in [9.17, 15) is 9.67 Å². The SMILES string of the molecule is NCC(O)(C[PH](=O)O)c1ccc(Cl)cc1. The van der Waals surface area contributed by atoms with Gasteiger partial charge in [-0.25, -0.2) is 0 Å². The van der Waals surface area contributed by atoms with Crippen LogP contribution in [0.2, 0.25) is 5.02 Å². The predicted molar refractivity (Wildman–Crippen MR) is 60.5 cm³/mol. The highest BCUT2D eigenvalue weighted by molar-refractivity contribution is 7.38. The third-order valence-corrected chi connectivity index (χ3v) is 3.30. The van der Waals surface area contributed by atoms with Crippen LogP contribution in [0, 0.1) is 0 Å². The van der Waals surface area contributed by atoms with Gasteiger partial charge in [0.05, 0.1) is 6.16 Å². The number of aliphatic hydroxyl groups is 1.